The topological polar surface area (TPSA) is 71.1 Å². The van der Waals surface area contributed by atoms with Crippen LogP contribution in [0, 0.1) is 0 Å². The van der Waals surface area contributed by atoms with Crippen molar-refractivity contribution >= 4 is 5.84 Å². The maximum Gasteiger partial charge on any atom is 0.169 e. The first kappa shape index (κ1) is 10.3. The summed E-state index contributed by atoms with van der Waals surface area (Å²) in [4.78, 5) is 2.24. The molecule has 5 nitrogen and oxygen atoms in total. The summed E-state index contributed by atoms with van der Waals surface area (Å²) in [6.07, 6.45) is -0.263. The van der Waals surface area contributed by atoms with Gasteiger partial charge in [-0.1, -0.05) is 5.16 Å². The van der Waals surface area contributed by atoms with Gasteiger partial charge in [-0.2, -0.15) is 0 Å². The van der Waals surface area contributed by atoms with Crippen molar-refractivity contribution in [3.05, 3.63) is 0 Å². The zero-order valence-electron chi connectivity index (χ0n) is 8.10. The van der Waals surface area contributed by atoms with Crippen molar-refractivity contribution in [3.63, 3.8) is 0 Å². The Morgan fingerprint density at radius 1 is 1.69 bits per heavy atom. The fourth-order valence-corrected chi connectivity index (χ4v) is 1.38. The monoisotopic (exact) mass is 187 g/mol. The van der Waals surface area contributed by atoms with E-state index in [1.807, 2.05) is 0 Å². The van der Waals surface area contributed by atoms with E-state index in [9.17, 15) is 0 Å². The van der Waals surface area contributed by atoms with E-state index in [4.69, 9.17) is 15.7 Å². The van der Waals surface area contributed by atoms with Crippen LogP contribution in [0.4, 0.5) is 0 Å². The number of ether oxygens (including phenoxy) is 1. The first-order valence-electron chi connectivity index (χ1n) is 4.48. The van der Waals surface area contributed by atoms with Gasteiger partial charge >= 0.3 is 0 Å². The van der Waals surface area contributed by atoms with E-state index in [1.165, 1.54) is 0 Å². The molecule has 1 atom stereocenters. The lowest BCUT2D eigenvalue weighted by Crippen LogP contribution is -2.50. The highest BCUT2D eigenvalue weighted by atomic mass is 16.5. The molecule has 13 heavy (non-hydrogen) atoms. The number of oxime groups is 1. The molecule has 0 aromatic rings. The Labute approximate surface area is 78.1 Å². The number of rotatable bonds is 2. The Bertz CT molecular complexity index is 194. The molecule has 0 saturated carbocycles. The van der Waals surface area contributed by atoms with Gasteiger partial charge < -0.3 is 15.7 Å². The molecule has 0 unspecified atom stereocenters. The molecule has 3 N–H and O–H groups in total. The lowest BCUT2D eigenvalue weighted by Gasteiger charge is -2.34. The Kier molecular flexibility index (Phi) is 3.50. The van der Waals surface area contributed by atoms with Crippen molar-refractivity contribution in [1.29, 1.82) is 0 Å². The first-order valence-corrected chi connectivity index (χ1v) is 4.48. The second kappa shape index (κ2) is 4.43. The van der Waals surface area contributed by atoms with Gasteiger partial charge in [0.25, 0.3) is 0 Å². The molecule has 0 aromatic heterocycles. The van der Waals surface area contributed by atoms with Crippen LogP contribution in [0.1, 0.15) is 13.8 Å². The summed E-state index contributed by atoms with van der Waals surface area (Å²) in [5.74, 6) is 0.158. The highest BCUT2D eigenvalue weighted by Gasteiger charge is 2.24. The predicted octanol–water partition coefficient (Wildman–Crippen LogP) is -0.158. The van der Waals surface area contributed by atoms with Crippen LogP contribution in [-0.2, 0) is 4.74 Å². The standard InChI is InChI=1S/C8H17N3O2/c1-6(2)11-3-4-13-7(5-11)8(9)10-12/h6-7,12H,3-5H2,1-2H3,(H2,9,10)/t7-/m1/s1. The molecule has 0 aromatic carbocycles. The highest BCUT2D eigenvalue weighted by molar-refractivity contribution is 5.84. The summed E-state index contributed by atoms with van der Waals surface area (Å²) in [6, 6.07) is 0.470. The maximum absolute atomic E-state index is 8.48. The molecular formula is C8H17N3O2. The van der Waals surface area contributed by atoms with E-state index in [0.29, 0.717) is 19.2 Å². The molecule has 1 saturated heterocycles. The summed E-state index contributed by atoms with van der Waals surface area (Å²) in [6.45, 7) is 6.49. The van der Waals surface area contributed by atoms with Crippen LogP contribution in [-0.4, -0.2) is 47.8 Å². The number of amidine groups is 1. The molecule has 5 heteroatoms. The van der Waals surface area contributed by atoms with Gasteiger partial charge in [0.2, 0.25) is 0 Å². The summed E-state index contributed by atoms with van der Waals surface area (Å²) < 4.78 is 5.35. The lowest BCUT2D eigenvalue weighted by molar-refractivity contribution is -0.00726. The van der Waals surface area contributed by atoms with Gasteiger partial charge in [0.15, 0.2) is 5.84 Å². The van der Waals surface area contributed by atoms with Gasteiger partial charge in [-0.25, -0.2) is 0 Å². The van der Waals surface area contributed by atoms with Crippen molar-refractivity contribution < 1.29 is 9.94 Å². The van der Waals surface area contributed by atoms with Gasteiger partial charge in [-0.3, -0.25) is 4.90 Å². The molecule has 1 aliphatic rings. The molecule has 76 valence electrons. The van der Waals surface area contributed by atoms with Crippen LogP contribution in [0.5, 0.6) is 0 Å². The van der Waals surface area contributed by atoms with E-state index in [-0.39, 0.29) is 11.9 Å². The number of hydrogen-bond donors (Lipinski definition) is 2. The molecule has 0 radical (unpaired) electrons. The van der Waals surface area contributed by atoms with Gasteiger partial charge in [0.05, 0.1) is 6.61 Å². The highest BCUT2D eigenvalue weighted by Crippen LogP contribution is 2.08. The normalized spacial score (nSPS) is 26.7. The third kappa shape index (κ3) is 2.57. The van der Waals surface area contributed by atoms with Crippen LogP contribution in [0.15, 0.2) is 5.16 Å². The summed E-state index contributed by atoms with van der Waals surface area (Å²) in [5.41, 5.74) is 5.46. The fourth-order valence-electron chi connectivity index (χ4n) is 1.38. The predicted molar refractivity (Wildman–Crippen MR) is 49.9 cm³/mol. The molecule has 0 amide bonds. The van der Waals surface area contributed by atoms with Crippen molar-refractivity contribution in [1.82, 2.24) is 4.90 Å². The number of nitrogens with two attached hydrogens (primary N) is 1. The molecule has 1 aliphatic heterocycles. The smallest absolute Gasteiger partial charge is 0.169 e. The number of morpholine rings is 1. The molecule has 1 heterocycles. The maximum atomic E-state index is 8.48. The van der Waals surface area contributed by atoms with Crippen molar-refractivity contribution in [2.24, 2.45) is 10.9 Å². The third-order valence-corrected chi connectivity index (χ3v) is 2.27. The van der Waals surface area contributed by atoms with Crippen LogP contribution in [0.2, 0.25) is 0 Å². The fraction of sp³-hybridized carbons (Fsp3) is 0.875. The minimum absolute atomic E-state index is 0.158. The largest absolute Gasteiger partial charge is 0.409 e. The molecule has 0 aliphatic carbocycles. The van der Waals surface area contributed by atoms with Gasteiger partial charge in [0, 0.05) is 19.1 Å². The van der Waals surface area contributed by atoms with Gasteiger partial charge in [0.1, 0.15) is 6.10 Å². The molecule has 0 bridgehead atoms. The number of nitrogens with zero attached hydrogens (tertiary/aromatic N) is 2. The van der Waals surface area contributed by atoms with Crippen LogP contribution in [0.25, 0.3) is 0 Å². The summed E-state index contributed by atoms with van der Waals surface area (Å²) in [5, 5.41) is 11.4. The van der Waals surface area contributed by atoms with Crippen LogP contribution < -0.4 is 5.73 Å². The molecular weight excluding hydrogens is 170 g/mol. The minimum atomic E-state index is -0.263. The zero-order chi connectivity index (χ0) is 9.84. The first-order chi connectivity index (χ1) is 6.15. The van der Waals surface area contributed by atoms with E-state index in [0.717, 1.165) is 6.54 Å². The molecule has 0 spiro atoms. The van der Waals surface area contributed by atoms with E-state index in [1.54, 1.807) is 0 Å². The van der Waals surface area contributed by atoms with E-state index in [2.05, 4.69) is 23.9 Å². The number of hydrogen-bond acceptors (Lipinski definition) is 4. The zero-order valence-corrected chi connectivity index (χ0v) is 8.10. The van der Waals surface area contributed by atoms with Gasteiger partial charge in [-0.05, 0) is 13.8 Å². The second-order valence-electron chi connectivity index (χ2n) is 3.47. The second-order valence-corrected chi connectivity index (χ2v) is 3.47. The quantitative estimate of drug-likeness (QED) is 0.273. The summed E-state index contributed by atoms with van der Waals surface area (Å²) in [7, 11) is 0. The van der Waals surface area contributed by atoms with Crippen molar-refractivity contribution in [3.8, 4) is 0 Å². The lowest BCUT2D eigenvalue weighted by atomic mass is 10.2. The molecule has 1 fully saturated rings. The van der Waals surface area contributed by atoms with Crippen molar-refractivity contribution in [2.75, 3.05) is 19.7 Å². The Balaban J connectivity index is 2.51. The SMILES string of the molecule is CC(C)N1CCO[C@@H](/C(N)=N\O)C1. The summed E-state index contributed by atoms with van der Waals surface area (Å²) >= 11 is 0. The average Bonchev–Trinajstić information content (AvgIpc) is 2.17. The Hall–Kier alpha value is -0.810. The Morgan fingerprint density at radius 2 is 2.38 bits per heavy atom. The van der Waals surface area contributed by atoms with E-state index >= 15 is 0 Å². The van der Waals surface area contributed by atoms with Crippen molar-refractivity contribution in [2.45, 2.75) is 26.0 Å². The van der Waals surface area contributed by atoms with Gasteiger partial charge in [-0.15, -0.1) is 0 Å². The van der Waals surface area contributed by atoms with Crippen LogP contribution in [0.3, 0.4) is 0 Å². The average molecular weight is 187 g/mol. The van der Waals surface area contributed by atoms with E-state index < -0.39 is 0 Å². The third-order valence-electron chi connectivity index (χ3n) is 2.27. The Morgan fingerprint density at radius 3 is 2.92 bits per heavy atom. The van der Waals surface area contributed by atoms with Crippen LogP contribution >= 0.6 is 0 Å². The minimum Gasteiger partial charge on any atom is -0.409 e. The molecule has 1 rings (SSSR count).